The lowest BCUT2D eigenvalue weighted by Gasteiger charge is -2.00. The van der Waals surface area contributed by atoms with Crippen LogP contribution in [0.1, 0.15) is 18.4 Å². The second kappa shape index (κ2) is 5.00. The maximum absolute atomic E-state index is 5.20. The van der Waals surface area contributed by atoms with Crippen LogP contribution in [0.4, 0.5) is 0 Å². The summed E-state index contributed by atoms with van der Waals surface area (Å²) in [5.41, 5.74) is 0.855. The average molecular weight is 324 g/mol. The molecule has 19 heavy (non-hydrogen) atoms. The van der Waals surface area contributed by atoms with E-state index in [4.69, 9.17) is 14.1 Å². The first-order valence-corrected chi connectivity index (χ1v) is 6.42. The number of ether oxygens (including phenoxy) is 1. The lowest BCUT2D eigenvalue weighted by atomic mass is 10.2. The highest BCUT2D eigenvalue weighted by Gasteiger charge is 2.27. The molecule has 0 N–H and O–H groups in total. The van der Waals surface area contributed by atoms with Gasteiger partial charge < -0.3 is 14.1 Å². The fourth-order valence-electron chi connectivity index (χ4n) is 1.70. The monoisotopic (exact) mass is 323 g/mol. The van der Waals surface area contributed by atoms with Crippen molar-refractivity contribution in [2.45, 2.75) is 12.5 Å². The fourth-order valence-corrected chi connectivity index (χ4v) is 2.08. The largest absolute Gasteiger partial charge is 0.497 e. The van der Waals surface area contributed by atoms with Gasteiger partial charge in [0.1, 0.15) is 10.4 Å². The van der Waals surface area contributed by atoms with Gasteiger partial charge in [0.2, 0.25) is 11.9 Å². The molecule has 0 saturated heterocycles. The van der Waals surface area contributed by atoms with Crippen LogP contribution in [0.3, 0.4) is 0 Å². The molecule has 3 rings (SSSR count). The van der Waals surface area contributed by atoms with Gasteiger partial charge in [-0.2, -0.15) is 4.98 Å². The minimum atomic E-state index is -0.311. The normalized spacial score (nSPS) is 18.0. The summed E-state index contributed by atoms with van der Waals surface area (Å²) in [6.07, 6.45) is 0.290. The Hall–Kier alpha value is -1.89. The second-order valence-electron chi connectivity index (χ2n) is 3.95. The number of nitrogens with zero attached hydrogens (tertiary/aromatic N) is 3. The third kappa shape index (κ3) is 2.46. The van der Waals surface area contributed by atoms with Crippen LogP contribution in [0.5, 0.6) is 5.75 Å². The molecule has 0 aliphatic carbocycles. The van der Waals surface area contributed by atoms with Crippen LogP contribution in [0.25, 0.3) is 11.4 Å². The van der Waals surface area contributed by atoms with Crippen LogP contribution in [-0.4, -0.2) is 21.9 Å². The number of hydrogen-bond acceptors (Lipinski definition) is 6. The molecule has 0 fully saturated rings. The van der Waals surface area contributed by atoms with E-state index >= 15 is 0 Å². The van der Waals surface area contributed by atoms with Gasteiger partial charge in [0, 0.05) is 12.0 Å². The van der Waals surface area contributed by atoms with Crippen molar-refractivity contribution in [3.8, 4) is 17.1 Å². The van der Waals surface area contributed by atoms with E-state index in [1.54, 1.807) is 7.11 Å². The van der Waals surface area contributed by atoms with Crippen molar-refractivity contribution in [1.29, 1.82) is 0 Å². The smallest absolute Gasteiger partial charge is 0.271 e. The van der Waals surface area contributed by atoms with Crippen LogP contribution in [0, 0.1) is 0 Å². The molecule has 2 aromatic rings. The summed E-state index contributed by atoms with van der Waals surface area (Å²) >= 11 is 3.26. The first-order chi connectivity index (χ1) is 9.26. The van der Waals surface area contributed by atoms with Crippen molar-refractivity contribution in [3.63, 3.8) is 0 Å². The summed E-state index contributed by atoms with van der Waals surface area (Å²) in [4.78, 5) is 9.48. The molecule has 7 heteroatoms. The Balaban J connectivity index is 1.80. The molecule has 1 aliphatic rings. The third-order valence-corrected chi connectivity index (χ3v) is 3.17. The summed E-state index contributed by atoms with van der Waals surface area (Å²) < 4.78 is 11.0. The Labute approximate surface area is 117 Å². The van der Waals surface area contributed by atoms with Crippen LogP contribution in [0.15, 0.2) is 33.9 Å². The number of rotatable bonds is 3. The van der Waals surface area contributed by atoms with Gasteiger partial charge in [0.25, 0.3) is 5.89 Å². The van der Waals surface area contributed by atoms with E-state index in [1.165, 1.54) is 0 Å². The van der Waals surface area contributed by atoms with E-state index < -0.39 is 0 Å². The van der Waals surface area contributed by atoms with E-state index in [0.29, 0.717) is 18.1 Å². The van der Waals surface area contributed by atoms with Gasteiger partial charge in [-0.25, -0.2) is 0 Å². The predicted octanol–water partition coefficient (Wildman–Crippen LogP) is 2.92. The highest BCUT2D eigenvalue weighted by molar-refractivity contribution is 9.18. The summed E-state index contributed by atoms with van der Waals surface area (Å²) in [6.45, 7) is 0. The molecule has 0 spiro atoms. The van der Waals surface area contributed by atoms with Crippen molar-refractivity contribution in [3.05, 3.63) is 30.2 Å². The van der Waals surface area contributed by atoms with Gasteiger partial charge in [0.15, 0.2) is 0 Å². The van der Waals surface area contributed by atoms with E-state index in [0.717, 1.165) is 15.9 Å². The van der Waals surface area contributed by atoms with Crippen molar-refractivity contribution < 1.29 is 14.1 Å². The number of hydrogen-bond donors (Lipinski definition) is 0. The first-order valence-electron chi connectivity index (χ1n) is 5.62. The van der Waals surface area contributed by atoms with E-state index in [1.807, 2.05) is 24.3 Å². The molecule has 0 saturated carbocycles. The molecule has 1 unspecified atom stereocenters. The van der Waals surface area contributed by atoms with E-state index in [-0.39, 0.29) is 6.10 Å². The van der Waals surface area contributed by atoms with Gasteiger partial charge in [-0.1, -0.05) is 10.3 Å². The second-order valence-corrected chi connectivity index (χ2v) is 4.87. The lowest BCUT2D eigenvalue weighted by molar-refractivity contribution is 0.0599. The summed E-state index contributed by atoms with van der Waals surface area (Å²) in [7, 11) is 1.62. The van der Waals surface area contributed by atoms with Gasteiger partial charge >= 0.3 is 0 Å². The topological polar surface area (TPSA) is 69.7 Å². The quantitative estimate of drug-likeness (QED) is 0.868. The SMILES string of the molecule is COc1ccc(-c2noc(C3CC(Br)=NO3)n2)cc1. The molecular formula is C12H10BrN3O3. The van der Waals surface area contributed by atoms with Gasteiger partial charge in [-0.3, -0.25) is 0 Å². The number of halogens is 1. The predicted molar refractivity (Wildman–Crippen MR) is 71.1 cm³/mol. The zero-order valence-corrected chi connectivity index (χ0v) is 11.6. The minimum absolute atomic E-state index is 0.311. The van der Waals surface area contributed by atoms with Crippen LogP contribution in [-0.2, 0) is 4.84 Å². The van der Waals surface area contributed by atoms with Crippen molar-refractivity contribution in [2.24, 2.45) is 5.16 Å². The number of aromatic nitrogens is 2. The minimum Gasteiger partial charge on any atom is -0.497 e. The summed E-state index contributed by atoms with van der Waals surface area (Å²) in [5.74, 6) is 1.72. The number of benzene rings is 1. The Morgan fingerprint density at radius 3 is 2.74 bits per heavy atom. The van der Waals surface area contributed by atoms with Crippen molar-refractivity contribution >= 4 is 20.6 Å². The third-order valence-electron chi connectivity index (χ3n) is 2.70. The average Bonchev–Trinajstić information content (AvgIpc) is 3.07. The van der Waals surface area contributed by atoms with Crippen LogP contribution >= 0.6 is 15.9 Å². The highest BCUT2D eigenvalue weighted by Crippen LogP contribution is 2.29. The molecule has 1 aromatic carbocycles. The van der Waals surface area contributed by atoms with Crippen LogP contribution < -0.4 is 4.74 Å². The molecule has 1 aromatic heterocycles. The fraction of sp³-hybridized carbons (Fsp3) is 0.250. The van der Waals surface area contributed by atoms with Crippen molar-refractivity contribution in [2.75, 3.05) is 7.11 Å². The maximum atomic E-state index is 5.20. The molecule has 1 aliphatic heterocycles. The lowest BCUT2D eigenvalue weighted by Crippen LogP contribution is -1.97. The molecule has 6 nitrogen and oxygen atoms in total. The number of oxime groups is 1. The van der Waals surface area contributed by atoms with Gasteiger partial charge in [-0.15, -0.1) is 0 Å². The molecule has 1 atom stereocenters. The summed E-state index contributed by atoms with van der Waals surface area (Å²) in [6, 6.07) is 7.43. The zero-order chi connectivity index (χ0) is 13.2. The van der Waals surface area contributed by atoms with E-state index in [9.17, 15) is 0 Å². The Bertz CT molecular complexity index is 609. The maximum Gasteiger partial charge on any atom is 0.271 e. The molecule has 0 radical (unpaired) electrons. The molecule has 98 valence electrons. The Kier molecular flexibility index (Phi) is 3.20. The Morgan fingerprint density at radius 2 is 2.11 bits per heavy atom. The first kappa shape index (κ1) is 12.2. The standard InChI is InChI=1S/C12H10BrN3O3/c1-17-8-4-2-7(3-5-8)11-14-12(19-16-11)9-6-10(13)15-18-9/h2-5,9H,6H2,1H3. The molecule has 2 heterocycles. The van der Waals surface area contributed by atoms with Crippen molar-refractivity contribution in [1.82, 2.24) is 10.1 Å². The Morgan fingerprint density at radius 1 is 1.32 bits per heavy atom. The highest BCUT2D eigenvalue weighted by atomic mass is 79.9. The molecule has 0 amide bonds. The summed E-state index contributed by atoms with van der Waals surface area (Å²) in [5, 5.41) is 7.73. The van der Waals surface area contributed by atoms with Crippen LogP contribution in [0.2, 0.25) is 0 Å². The zero-order valence-electron chi connectivity index (χ0n) is 10.0. The number of methoxy groups -OCH3 is 1. The van der Waals surface area contributed by atoms with E-state index in [2.05, 4.69) is 31.2 Å². The molecule has 0 bridgehead atoms. The van der Waals surface area contributed by atoms with Gasteiger partial charge in [-0.05, 0) is 40.2 Å². The van der Waals surface area contributed by atoms with Gasteiger partial charge in [0.05, 0.1) is 7.11 Å². The molecular weight excluding hydrogens is 314 g/mol.